The van der Waals surface area contributed by atoms with E-state index in [4.69, 9.17) is 5.73 Å². The van der Waals surface area contributed by atoms with Crippen molar-refractivity contribution in [2.75, 3.05) is 17.6 Å². The van der Waals surface area contributed by atoms with E-state index >= 15 is 0 Å². The number of nitrogens with two attached hydrogens (primary N) is 1. The summed E-state index contributed by atoms with van der Waals surface area (Å²) in [4.78, 5) is 4.23. The molecule has 14 heavy (non-hydrogen) atoms. The van der Waals surface area contributed by atoms with Crippen LogP contribution in [-0.4, -0.2) is 11.5 Å². The highest BCUT2D eigenvalue weighted by atomic mass is 15.0. The minimum absolute atomic E-state index is 0.779. The van der Waals surface area contributed by atoms with Crippen LogP contribution in [0.15, 0.2) is 12.3 Å². The third kappa shape index (κ3) is 1.81. The molecule has 1 aliphatic carbocycles. The molecule has 2 unspecified atom stereocenters. The lowest BCUT2D eigenvalue weighted by molar-refractivity contribution is 0.785. The van der Waals surface area contributed by atoms with Crippen LogP contribution < -0.4 is 11.1 Å². The minimum atomic E-state index is 0.779. The number of rotatable bonds is 3. The predicted octanol–water partition coefficient (Wildman–Crippen LogP) is 2.04. The van der Waals surface area contributed by atoms with Crippen molar-refractivity contribution in [1.29, 1.82) is 0 Å². The van der Waals surface area contributed by atoms with E-state index in [0.29, 0.717) is 0 Å². The van der Waals surface area contributed by atoms with Gasteiger partial charge in [-0.05, 0) is 36.8 Å². The molecule has 3 nitrogen and oxygen atoms in total. The molecule has 0 saturated heterocycles. The maximum atomic E-state index is 5.90. The number of nitrogens with one attached hydrogen (secondary N) is 1. The molecule has 3 heteroatoms. The maximum Gasteiger partial charge on any atom is 0.149 e. The number of nitrogens with zero attached hydrogens (tertiary/aromatic N) is 1. The second-order valence-electron chi connectivity index (χ2n) is 4.24. The molecular weight excluding hydrogens is 174 g/mol. The molecule has 1 aromatic rings. The van der Waals surface area contributed by atoms with Crippen molar-refractivity contribution in [2.45, 2.75) is 20.3 Å². The Morgan fingerprint density at radius 2 is 2.36 bits per heavy atom. The molecule has 76 valence electrons. The van der Waals surface area contributed by atoms with Gasteiger partial charge in [-0.3, -0.25) is 0 Å². The van der Waals surface area contributed by atoms with Gasteiger partial charge in [0.2, 0.25) is 0 Å². The summed E-state index contributed by atoms with van der Waals surface area (Å²) in [6.07, 6.45) is 3.13. The first-order chi connectivity index (χ1) is 6.68. The molecule has 1 heterocycles. The lowest BCUT2D eigenvalue weighted by Gasteiger charge is -2.09. The Kier molecular flexibility index (Phi) is 2.32. The first kappa shape index (κ1) is 9.31. The summed E-state index contributed by atoms with van der Waals surface area (Å²) in [5, 5.41) is 3.31. The Morgan fingerprint density at radius 1 is 1.64 bits per heavy atom. The summed E-state index contributed by atoms with van der Waals surface area (Å²) < 4.78 is 0. The van der Waals surface area contributed by atoms with Crippen LogP contribution >= 0.6 is 0 Å². The summed E-state index contributed by atoms with van der Waals surface area (Å²) in [5.74, 6) is 2.52. The Balaban J connectivity index is 1.98. The third-order valence-electron chi connectivity index (χ3n) is 3.02. The summed E-state index contributed by atoms with van der Waals surface area (Å²) in [5.41, 5.74) is 7.77. The van der Waals surface area contributed by atoms with E-state index in [-0.39, 0.29) is 0 Å². The van der Waals surface area contributed by atoms with Gasteiger partial charge >= 0.3 is 0 Å². The van der Waals surface area contributed by atoms with E-state index in [2.05, 4.69) is 17.2 Å². The van der Waals surface area contributed by atoms with Crippen LogP contribution in [0.1, 0.15) is 18.9 Å². The molecule has 0 amide bonds. The van der Waals surface area contributed by atoms with Crippen LogP contribution in [0, 0.1) is 18.8 Å². The molecule has 2 atom stereocenters. The van der Waals surface area contributed by atoms with Crippen molar-refractivity contribution in [2.24, 2.45) is 11.8 Å². The van der Waals surface area contributed by atoms with Crippen molar-refractivity contribution in [3.05, 3.63) is 17.8 Å². The van der Waals surface area contributed by atoms with Gasteiger partial charge < -0.3 is 11.1 Å². The Bertz CT molecular complexity index is 335. The second-order valence-corrected chi connectivity index (χ2v) is 4.24. The van der Waals surface area contributed by atoms with Gasteiger partial charge in [-0.1, -0.05) is 6.92 Å². The van der Waals surface area contributed by atoms with Crippen LogP contribution in [0.2, 0.25) is 0 Å². The van der Waals surface area contributed by atoms with Crippen LogP contribution in [0.5, 0.6) is 0 Å². The van der Waals surface area contributed by atoms with Crippen molar-refractivity contribution in [1.82, 2.24) is 4.98 Å². The van der Waals surface area contributed by atoms with Gasteiger partial charge in [0.1, 0.15) is 5.82 Å². The molecule has 0 aliphatic heterocycles. The highest BCUT2D eigenvalue weighted by molar-refractivity contribution is 5.64. The monoisotopic (exact) mass is 191 g/mol. The van der Waals surface area contributed by atoms with Crippen LogP contribution in [0.25, 0.3) is 0 Å². The molecule has 1 saturated carbocycles. The Morgan fingerprint density at radius 3 is 3.00 bits per heavy atom. The second kappa shape index (κ2) is 3.48. The summed E-state index contributed by atoms with van der Waals surface area (Å²) in [6.45, 7) is 5.28. The molecular formula is C11H17N3. The quantitative estimate of drug-likeness (QED) is 0.768. The number of aryl methyl sites for hydroxylation is 1. The van der Waals surface area contributed by atoms with Gasteiger partial charge in [-0.2, -0.15) is 0 Å². The van der Waals surface area contributed by atoms with Gasteiger partial charge in [-0.25, -0.2) is 4.98 Å². The SMILES string of the molecule is Cc1ccnc(NCC2CC2C)c1N. The number of hydrogen-bond acceptors (Lipinski definition) is 3. The molecule has 1 aliphatic rings. The topological polar surface area (TPSA) is 50.9 Å². The number of aromatic nitrogens is 1. The van der Waals surface area contributed by atoms with Crippen LogP contribution in [0.4, 0.5) is 11.5 Å². The highest BCUT2D eigenvalue weighted by Gasteiger charge is 2.32. The molecule has 1 aromatic heterocycles. The van der Waals surface area contributed by atoms with Gasteiger partial charge in [-0.15, -0.1) is 0 Å². The lowest BCUT2D eigenvalue weighted by Crippen LogP contribution is -2.08. The normalized spacial score (nSPS) is 24.7. The Hall–Kier alpha value is -1.25. The molecule has 1 fully saturated rings. The number of pyridine rings is 1. The van der Waals surface area contributed by atoms with Crippen LogP contribution in [0.3, 0.4) is 0 Å². The maximum absolute atomic E-state index is 5.90. The largest absolute Gasteiger partial charge is 0.396 e. The number of nitrogen functional groups attached to an aromatic ring is 1. The number of hydrogen-bond donors (Lipinski definition) is 2. The number of anilines is 2. The lowest BCUT2D eigenvalue weighted by atomic mass is 10.2. The van der Waals surface area contributed by atoms with Gasteiger partial charge in [0, 0.05) is 12.7 Å². The average molecular weight is 191 g/mol. The fourth-order valence-corrected chi connectivity index (χ4v) is 1.62. The summed E-state index contributed by atoms with van der Waals surface area (Å²) in [7, 11) is 0. The smallest absolute Gasteiger partial charge is 0.149 e. The van der Waals surface area contributed by atoms with Crippen LogP contribution in [-0.2, 0) is 0 Å². The summed E-state index contributed by atoms with van der Waals surface area (Å²) in [6, 6.07) is 1.93. The van der Waals surface area contributed by atoms with Crippen molar-refractivity contribution in [3.8, 4) is 0 Å². The zero-order chi connectivity index (χ0) is 10.1. The van der Waals surface area contributed by atoms with E-state index in [1.165, 1.54) is 6.42 Å². The zero-order valence-electron chi connectivity index (χ0n) is 8.75. The third-order valence-corrected chi connectivity index (χ3v) is 3.02. The van der Waals surface area contributed by atoms with E-state index in [0.717, 1.165) is 35.4 Å². The molecule has 0 bridgehead atoms. The van der Waals surface area contributed by atoms with E-state index in [9.17, 15) is 0 Å². The summed E-state index contributed by atoms with van der Waals surface area (Å²) >= 11 is 0. The molecule has 0 aromatic carbocycles. The average Bonchev–Trinajstić information content (AvgIpc) is 2.85. The zero-order valence-corrected chi connectivity index (χ0v) is 8.75. The fraction of sp³-hybridized carbons (Fsp3) is 0.545. The van der Waals surface area contributed by atoms with Gasteiger partial charge in [0.25, 0.3) is 0 Å². The molecule has 2 rings (SSSR count). The Labute approximate surface area is 84.7 Å². The highest BCUT2D eigenvalue weighted by Crippen LogP contribution is 2.37. The van der Waals surface area contributed by atoms with Crippen molar-refractivity contribution < 1.29 is 0 Å². The van der Waals surface area contributed by atoms with Gasteiger partial charge in [0.15, 0.2) is 0 Å². The standard InChI is InChI=1S/C11H17N3/c1-7-3-4-13-11(10(7)12)14-6-9-5-8(9)2/h3-4,8-9H,5-6,12H2,1-2H3,(H,13,14). The first-order valence-electron chi connectivity index (χ1n) is 5.13. The van der Waals surface area contributed by atoms with E-state index < -0.39 is 0 Å². The first-order valence-corrected chi connectivity index (χ1v) is 5.13. The fourth-order valence-electron chi connectivity index (χ4n) is 1.62. The molecule has 0 spiro atoms. The van der Waals surface area contributed by atoms with Crippen molar-refractivity contribution in [3.63, 3.8) is 0 Å². The minimum Gasteiger partial charge on any atom is -0.396 e. The van der Waals surface area contributed by atoms with Gasteiger partial charge in [0.05, 0.1) is 5.69 Å². The molecule has 0 radical (unpaired) electrons. The van der Waals surface area contributed by atoms with E-state index in [1.54, 1.807) is 6.20 Å². The predicted molar refractivity (Wildman–Crippen MR) is 59.1 cm³/mol. The van der Waals surface area contributed by atoms with Crippen molar-refractivity contribution >= 4 is 11.5 Å². The van der Waals surface area contributed by atoms with E-state index in [1.807, 2.05) is 13.0 Å². The molecule has 3 N–H and O–H groups in total.